The van der Waals surface area contributed by atoms with Crippen LogP contribution in [0.2, 0.25) is 0 Å². The minimum atomic E-state index is 0.0871. The minimum absolute atomic E-state index is 0.0871. The predicted molar refractivity (Wildman–Crippen MR) is 184 cm³/mol. The van der Waals surface area contributed by atoms with Gasteiger partial charge in [0.15, 0.2) is 5.05 Å². The monoisotopic (exact) mass is 583 g/mol. The maximum absolute atomic E-state index is 5.94. The highest BCUT2D eigenvalue weighted by Gasteiger charge is 2.07. The molecule has 0 aliphatic carbocycles. The molecule has 4 heteroatoms. The first-order chi connectivity index (χ1) is 19.1. The molecule has 0 aliphatic heterocycles. The van der Waals surface area contributed by atoms with Crippen LogP contribution >= 0.6 is 24.4 Å². The van der Waals surface area contributed by atoms with Crippen LogP contribution in [0, 0.1) is 0 Å². The van der Waals surface area contributed by atoms with E-state index in [1.807, 2.05) is 0 Å². The second-order valence-corrected chi connectivity index (χ2v) is 13.0. The minimum Gasteiger partial charge on any atom is -0.482 e. The lowest BCUT2D eigenvalue weighted by molar-refractivity contribution is 0.210. The number of rotatable bonds is 31. The van der Waals surface area contributed by atoms with E-state index in [9.17, 15) is 0 Å². The van der Waals surface area contributed by atoms with Crippen molar-refractivity contribution in [3.63, 3.8) is 0 Å². The molecule has 0 spiro atoms. The maximum atomic E-state index is 5.94. The van der Waals surface area contributed by atoms with Crippen LogP contribution in [0.1, 0.15) is 201 Å². The number of hydrogen-bond donors (Lipinski definition) is 1. The van der Waals surface area contributed by atoms with E-state index in [-0.39, 0.29) is 6.10 Å². The Kier molecular flexibility index (Phi) is 32.1. The van der Waals surface area contributed by atoms with Crippen LogP contribution in [-0.2, 0) is 4.74 Å². The topological polar surface area (TPSA) is 21.3 Å². The third kappa shape index (κ3) is 32.2. The summed E-state index contributed by atoms with van der Waals surface area (Å²) in [7, 11) is 0. The summed E-state index contributed by atoms with van der Waals surface area (Å²) >= 11 is 11.0. The van der Waals surface area contributed by atoms with Gasteiger partial charge in [0, 0.05) is 6.42 Å². The molecule has 0 radical (unpaired) electrons. The molecule has 0 bridgehead atoms. The van der Waals surface area contributed by atoms with Crippen molar-refractivity contribution in [2.45, 2.75) is 207 Å². The van der Waals surface area contributed by atoms with Crippen molar-refractivity contribution in [3.8, 4) is 0 Å². The van der Waals surface area contributed by atoms with Gasteiger partial charge in [0.2, 0.25) is 0 Å². The SMILES string of the molecule is CCCCCCCCCCCCCCCC(=S)NCC(C)OC(=S)CCCCCCCCCCCCCCC. The Morgan fingerprint density at radius 3 is 1.15 bits per heavy atom. The Morgan fingerprint density at radius 2 is 0.795 bits per heavy atom. The summed E-state index contributed by atoms with van der Waals surface area (Å²) < 4.78 is 5.94. The van der Waals surface area contributed by atoms with E-state index in [0.717, 1.165) is 35.8 Å². The summed E-state index contributed by atoms with van der Waals surface area (Å²) in [5.74, 6) is 0. The molecule has 0 saturated carbocycles. The molecule has 2 nitrogen and oxygen atoms in total. The largest absolute Gasteiger partial charge is 0.482 e. The molecule has 1 N–H and O–H groups in total. The molecule has 0 aromatic rings. The normalized spacial score (nSPS) is 12.0. The zero-order valence-electron chi connectivity index (χ0n) is 26.8. The molecule has 0 rings (SSSR count). The molecular formula is C35H69NOS2. The zero-order chi connectivity index (χ0) is 28.7. The highest BCUT2D eigenvalue weighted by molar-refractivity contribution is 7.80. The van der Waals surface area contributed by atoms with Crippen molar-refractivity contribution in [2.24, 2.45) is 0 Å². The molecule has 0 aromatic carbocycles. The second-order valence-electron chi connectivity index (χ2n) is 12.1. The van der Waals surface area contributed by atoms with Gasteiger partial charge < -0.3 is 10.1 Å². The standard InChI is InChI=1S/C35H69NOS2/c1-4-6-8-10-12-14-16-18-20-22-24-26-28-30-34(38)36-32-33(3)37-35(39)31-29-27-25-23-21-19-17-15-13-11-9-7-5-2/h33H,4-32H2,1-3H3,(H,36,38). The average molecular weight is 584 g/mol. The van der Waals surface area contributed by atoms with Gasteiger partial charge >= 0.3 is 0 Å². The highest BCUT2D eigenvalue weighted by Crippen LogP contribution is 2.15. The van der Waals surface area contributed by atoms with Crippen LogP contribution in [0.5, 0.6) is 0 Å². The van der Waals surface area contributed by atoms with Crippen LogP contribution < -0.4 is 5.32 Å². The number of ether oxygens (including phenoxy) is 1. The van der Waals surface area contributed by atoms with Crippen molar-refractivity contribution in [1.82, 2.24) is 5.32 Å². The Labute approximate surface area is 257 Å². The molecule has 39 heavy (non-hydrogen) atoms. The number of unbranched alkanes of at least 4 members (excludes halogenated alkanes) is 24. The second kappa shape index (κ2) is 32.3. The molecule has 232 valence electrons. The zero-order valence-corrected chi connectivity index (χ0v) is 28.4. The van der Waals surface area contributed by atoms with Gasteiger partial charge in [-0.3, -0.25) is 0 Å². The van der Waals surface area contributed by atoms with E-state index >= 15 is 0 Å². The smallest absolute Gasteiger partial charge is 0.160 e. The Bertz CT molecular complexity index is 525. The fourth-order valence-corrected chi connectivity index (χ4v) is 5.80. The summed E-state index contributed by atoms with van der Waals surface area (Å²) in [6, 6.07) is 0. The van der Waals surface area contributed by atoms with Crippen molar-refractivity contribution in [3.05, 3.63) is 0 Å². The van der Waals surface area contributed by atoms with Gasteiger partial charge in [-0.2, -0.15) is 0 Å². The van der Waals surface area contributed by atoms with Gasteiger partial charge in [-0.1, -0.05) is 180 Å². The van der Waals surface area contributed by atoms with Gasteiger partial charge in [0.05, 0.1) is 11.5 Å². The fraction of sp³-hybridized carbons (Fsp3) is 0.943. The first-order valence-electron chi connectivity index (χ1n) is 17.6. The number of hydrogen-bond acceptors (Lipinski definition) is 3. The fourth-order valence-electron chi connectivity index (χ4n) is 5.26. The van der Waals surface area contributed by atoms with Gasteiger partial charge in [0.1, 0.15) is 6.10 Å². The van der Waals surface area contributed by atoms with Crippen LogP contribution in [-0.4, -0.2) is 22.7 Å². The van der Waals surface area contributed by atoms with Gasteiger partial charge in [-0.25, -0.2) is 0 Å². The predicted octanol–water partition coefficient (Wildman–Crippen LogP) is 12.6. The molecule has 1 unspecified atom stereocenters. The molecule has 0 saturated heterocycles. The van der Waals surface area contributed by atoms with Crippen molar-refractivity contribution in [2.75, 3.05) is 6.54 Å². The Balaban J connectivity index is 3.40. The van der Waals surface area contributed by atoms with Crippen LogP contribution in [0.25, 0.3) is 0 Å². The summed E-state index contributed by atoms with van der Waals surface area (Å²) in [6.45, 7) is 7.43. The lowest BCUT2D eigenvalue weighted by Gasteiger charge is -2.17. The third-order valence-electron chi connectivity index (χ3n) is 7.91. The summed E-state index contributed by atoms with van der Waals surface area (Å²) in [4.78, 5) is 0.982. The Morgan fingerprint density at radius 1 is 0.487 bits per heavy atom. The lowest BCUT2D eigenvalue weighted by atomic mass is 10.0. The van der Waals surface area contributed by atoms with Gasteiger partial charge in [-0.05, 0) is 38.4 Å². The first kappa shape index (κ1) is 38.8. The molecule has 0 fully saturated rings. The van der Waals surface area contributed by atoms with Crippen molar-refractivity contribution >= 4 is 34.5 Å². The summed E-state index contributed by atoms with van der Waals surface area (Å²) in [6.07, 6.45) is 38.0. The quantitative estimate of drug-likeness (QED) is 0.0647. The lowest BCUT2D eigenvalue weighted by Crippen LogP contribution is -2.31. The first-order valence-corrected chi connectivity index (χ1v) is 18.4. The highest BCUT2D eigenvalue weighted by atomic mass is 32.1. The van der Waals surface area contributed by atoms with Crippen molar-refractivity contribution in [1.29, 1.82) is 0 Å². The van der Waals surface area contributed by atoms with E-state index < -0.39 is 0 Å². The number of thiocarbonyl (C=S) groups is 2. The molecule has 0 aromatic heterocycles. The summed E-state index contributed by atoms with van der Waals surface area (Å²) in [5, 5.41) is 4.17. The molecule has 0 aliphatic rings. The average Bonchev–Trinajstić information content (AvgIpc) is 2.92. The molecule has 0 amide bonds. The Hall–Kier alpha value is -0.220. The summed E-state index contributed by atoms with van der Waals surface area (Å²) in [5.41, 5.74) is 0. The van der Waals surface area contributed by atoms with Gasteiger partial charge in [0.25, 0.3) is 0 Å². The van der Waals surface area contributed by atoms with Crippen molar-refractivity contribution < 1.29 is 4.74 Å². The van der Waals surface area contributed by atoms with E-state index in [1.165, 1.54) is 161 Å². The van der Waals surface area contributed by atoms with E-state index in [2.05, 4.69) is 26.1 Å². The maximum Gasteiger partial charge on any atom is 0.160 e. The molecular weight excluding hydrogens is 515 g/mol. The van der Waals surface area contributed by atoms with Crippen LogP contribution in [0.15, 0.2) is 0 Å². The van der Waals surface area contributed by atoms with E-state index in [0.29, 0.717) is 0 Å². The third-order valence-corrected chi connectivity index (χ3v) is 8.56. The van der Waals surface area contributed by atoms with E-state index in [1.54, 1.807) is 0 Å². The van der Waals surface area contributed by atoms with Gasteiger partial charge in [-0.15, -0.1) is 0 Å². The van der Waals surface area contributed by atoms with Crippen LogP contribution in [0.4, 0.5) is 0 Å². The molecule has 1 atom stereocenters. The van der Waals surface area contributed by atoms with Crippen LogP contribution in [0.3, 0.4) is 0 Å². The molecule has 0 heterocycles. The number of nitrogens with one attached hydrogen (secondary N) is 1. The van der Waals surface area contributed by atoms with E-state index in [4.69, 9.17) is 29.2 Å².